The maximum Gasteiger partial charge on any atom is 0.293 e. The lowest BCUT2D eigenvalue weighted by Crippen LogP contribution is -2.28. The van der Waals surface area contributed by atoms with Crippen LogP contribution < -0.4 is 4.74 Å². The van der Waals surface area contributed by atoms with Crippen LogP contribution in [0.15, 0.2) is 53.4 Å². The van der Waals surface area contributed by atoms with Crippen LogP contribution in [0.4, 0.5) is 9.18 Å². The first-order valence-electron chi connectivity index (χ1n) is 8.30. The molecule has 0 N–H and O–H groups in total. The molecule has 0 aromatic heterocycles. The number of imide groups is 1. The highest BCUT2D eigenvalue weighted by Crippen LogP contribution is 2.34. The summed E-state index contributed by atoms with van der Waals surface area (Å²) >= 11 is 0.935. The van der Waals surface area contributed by atoms with Crippen molar-refractivity contribution < 1.29 is 18.7 Å². The quantitative estimate of drug-likeness (QED) is 0.681. The Morgan fingerprint density at radius 3 is 2.73 bits per heavy atom. The highest BCUT2D eigenvalue weighted by Gasteiger charge is 2.34. The Bertz CT molecular complexity index is 866. The molecule has 134 valence electrons. The van der Waals surface area contributed by atoms with E-state index in [4.69, 9.17) is 4.74 Å². The van der Waals surface area contributed by atoms with E-state index in [9.17, 15) is 14.0 Å². The zero-order valence-corrected chi connectivity index (χ0v) is 15.1. The van der Waals surface area contributed by atoms with Gasteiger partial charge in [-0.2, -0.15) is 0 Å². The standard InChI is InChI=1S/C20H18FNO3S/c1-2-10-22-19(23)18(26-20(22)24)12-15-7-3-4-9-17(15)25-13-14-6-5-8-16(21)11-14/h3-9,11-12H,2,10,13H2,1H3/b18-12-. The van der Waals surface area contributed by atoms with Crippen molar-refractivity contribution in [1.82, 2.24) is 4.90 Å². The second kappa shape index (κ2) is 8.19. The minimum absolute atomic E-state index is 0.208. The van der Waals surface area contributed by atoms with Gasteiger partial charge in [0.05, 0.1) is 4.91 Å². The van der Waals surface area contributed by atoms with Crippen molar-refractivity contribution in [1.29, 1.82) is 0 Å². The first-order valence-corrected chi connectivity index (χ1v) is 9.11. The van der Waals surface area contributed by atoms with Gasteiger partial charge in [-0.1, -0.05) is 37.3 Å². The molecule has 1 aliphatic rings. The number of rotatable bonds is 6. The topological polar surface area (TPSA) is 46.6 Å². The van der Waals surface area contributed by atoms with Crippen molar-refractivity contribution in [3.05, 3.63) is 70.4 Å². The van der Waals surface area contributed by atoms with Gasteiger partial charge in [-0.15, -0.1) is 0 Å². The van der Waals surface area contributed by atoms with E-state index in [1.54, 1.807) is 24.3 Å². The Morgan fingerprint density at radius 1 is 1.15 bits per heavy atom. The lowest BCUT2D eigenvalue weighted by atomic mass is 10.1. The molecule has 0 aliphatic carbocycles. The average molecular weight is 371 g/mol. The van der Waals surface area contributed by atoms with Crippen LogP contribution in [0, 0.1) is 5.82 Å². The van der Waals surface area contributed by atoms with Crippen LogP contribution in [0.5, 0.6) is 5.75 Å². The summed E-state index contributed by atoms with van der Waals surface area (Å²) in [5.74, 6) is -0.0233. The van der Waals surface area contributed by atoms with Gasteiger partial charge >= 0.3 is 0 Å². The number of halogens is 1. The maximum absolute atomic E-state index is 13.3. The lowest BCUT2D eigenvalue weighted by molar-refractivity contribution is -0.122. The molecule has 0 spiro atoms. The number of hydrogen-bond acceptors (Lipinski definition) is 4. The minimum atomic E-state index is -0.316. The van der Waals surface area contributed by atoms with Crippen LogP contribution in [0.25, 0.3) is 6.08 Å². The molecule has 0 unspecified atom stereocenters. The Hall–Kier alpha value is -2.60. The molecule has 2 aromatic rings. The molecule has 0 radical (unpaired) electrons. The van der Waals surface area contributed by atoms with Crippen LogP contribution in [0.1, 0.15) is 24.5 Å². The lowest BCUT2D eigenvalue weighted by Gasteiger charge is -2.11. The van der Waals surface area contributed by atoms with E-state index < -0.39 is 0 Å². The number of nitrogens with zero attached hydrogens (tertiary/aromatic N) is 1. The predicted molar refractivity (Wildman–Crippen MR) is 100 cm³/mol. The van der Waals surface area contributed by atoms with Crippen LogP contribution >= 0.6 is 11.8 Å². The Labute approximate surface area is 155 Å². The number of carbonyl (C=O) groups is 2. The molecule has 2 amide bonds. The molecule has 4 nitrogen and oxygen atoms in total. The first kappa shape index (κ1) is 18.2. The molecule has 6 heteroatoms. The SMILES string of the molecule is CCCN1C(=O)S/C(=C\c2ccccc2OCc2cccc(F)c2)C1=O. The largest absolute Gasteiger partial charge is 0.488 e. The van der Waals surface area contributed by atoms with Gasteiger partial charge in [0.1, 0.15) is 18.2 Å². The number of hydrogen-bond donors (Lipinski definition) is 0. The molecule has 0 saturated carbocycles. The third kappa shape index (κ3) is 4.14. The van der Waals surface area contributed by atoms with Gasteiger partial charge in [0.2, 0.25) is 0 Å². The van der Waals surface area contributed by atoms with E-state index in [2.05, 4.69) is 0 Å². The summed E-state index contributed by atoms with van der Waals surface area (Å²) in [6.07, 6.45) is 2.39. The third-order valence-electron chi connectivity index (χ3n) is 3.81. The fraction of sp³-hybridized carbons (Fsp3) is 0.200. The van der Waals surface area contributed by atoms with Crippen molar-refractivity contribution >= 4 is 29.0 Å². The molecule has 0 bridgehead atoms. The van der Waals surface area contributed by atoms with Gasteiger partial charge in [-0.05, 0) is 48.0 Å². The van der Waals surface area contributed by atoms with Crippen molar-refractivity contribution in [3.63, 3.8) is 0 Å². The highest BCUT2D eigenvalue weighted by atomic mass is 32.2. The smallest absolute Gasteiger partial charge is 0.293 e. The molecule has 2 aromatic carbocycles. The molecule has 3 rings (SSSR count). The summed E-state index contributed by atoms with van der Waals surface area (Å²) in [7, 11) is 0. The molecule has 1 aliphatic heterocycles. The van der Waals surface area contributed by atoms with Gasteiger partial charge in [-0.25, -0.2) is 4.39 Å². The molecular weight excluding hydrogens is 353 g/mol. The molecule has 1 saturated heterocycles. The number of carbonyl (C=O) groups excluding carboxylic acids is 2. The van der Waals surface area contributed by atoms with Gasteiger partial charge < -0.3 is 4.74 Å². The van der Waals surface area contributed by atoms with Crippen LogP contribution in [-0.2, 0) is 11.4 Å². The molecule has 0 atom stereocenters. The monoisotopic (exact) mass is 371 g/mol. The summed E-state index contributed by atoms with van der Waals surface area (Å²) < 4.78 is 19.1. The highest BCUT2D eigenvalue weighted by molar-refractivity contribution is 8.18. The van der Waals surface area contributed by atoms with Crippen molar-refractivity contribution in [2.24, 2.45) is 0 Å². The second-order valence-corrected chi connectivity index (χ2v) is 6.78. The van der Waals surface area contributed by atoms with Gasteiger partial charge in [0.25, 0.3) is 11.1 Å². The first-order chi connectivity index (χ1) is 12.6. The van der Waals surface area contributed by atoms with Crippen LogP contribution in [-0.4, -0.2) is 22.6 Å². The predicted octanol–water partition coefficient (Wildman–Crippen LogP) is 4.85. The molecular formula is C20H18FNO3S. The fourth-order valence-corrected chi connectivity index (χ4v) is 3.43. The zero-order chi connectivity index (χ0) is 18.5. The van der Waals surface area contributed by atoms with Crippen molar-refractivity contribution in [2.45, 2.75) is 20.0 Å². The normalized spacial score (nSPS) is 15.8. The van der Waals surface area contributed by atoms with Crippen molar-refractivity contribution in [3.8, 4) is 5.75 Å². The Morgan fingerprint density at radius 2 is 1.96 bits per heavy atom. The molecule has 1 fully saturated rings. The summed E-state index contributed by atoms with van der Waals surface area (Å²) in [6.45, 7) is 2.54. The van der Waals surface area contributed by atoms with E-state index in [0.29, 0.717) is 28.3 Å². The maximum atomic E-state index is 13.3. The van der Waals surface area contributed by atoms with E-state index in [1.165, 1.54) is 17.0 Å². The van der Waals surface area contributed by atoms with Crippen LogP contribution in [0.3, 0.4) is 0 Å². The summed E-state index contributed by atoms with van der Waals surface area (Å²) in [5.41, 5.74) is 1.41. The second-order valence-electron chi connectivity index (χ2n) is 5.79. The van der Waals surface area contributed by atoms with Gasteiger partial charge in [0.15, 0.2) is 0 Å². The molecule has 26 heavy (non-hydrogen) atoms. The number of thioether (sulfide) groups is 1. The number of para-hydroxylation sites is 1. The number of benzene rings is 2. The third-order valence-corrected chi connectivity index (χ3v) is 4.72. The van der Waals surface area contributed by atoms with E-state index >= 15 is 0 Å². The van der Waals surface area contributed by atoms with E-state index in [1.807, 2.05) is 25.1 Å². The minimum Gasteiger partial charge on any atom is -0.488 e. The fourth-order valence-electron chi connectivity index (χ4n) is 2.58. The summed E-state index contributed by atoms with van der Waals surface area (Å²) in [5, 5.41) is -0.249. The van der Waals surface area contributed by atoms with E-state index in [-0.39, 0.29) is 23.6 Å². The molecule has 1 heterocycles. The number of ether oxygens (including phenoxy) is 1. The van der Waals surface area contributed by atoms with E-state index in [0.717, 1.165) is 18.2 Å². The summed E-state index contributed by atoms with van der Waals surface area (Å²) in [6, 6.07) is 13.4. The Balaban J connectivity index is 1.79. The van der Waals surface area contributed by atoms with Crippen molar-refractivity contribution in [2.75, 3.05) is 6.54 Å². The summed E-state index contributed by atoms with van der Waals surface area (Å²) in [4.78, 5) is 26.0. The average Bonchev–Trinajstić information content (AvgIpc) is 2.89. The zero-order valence-electron chi connectivity index (χ0n) is 14.3. The Kier molecular flexibility index (Phi) is 5.73. The van der Waals surface area contributed by atoms with Gasteiger partial charge in [-0.3, -0.25) is 14.5 Å². The van der Waals surface area contributed by atoms with Crippen LogP contribution in [0.2, 0.25) is 0 Å². The van der Waals surface area contributed by atoms with Gasteiger partial charge in [0, 0.05) is 12.1 Å². The number of amides is 2.